The van der Waals surface area contributed by atoms with Crippen LogP contribution in [0.1, 0.15) is 16.7 Å². The Morgan fingerprint density at radius 1 is 1.00 bits per heavy atom. The fraction of sp³-hybridized carbons (Fsp3) is 0.250. The largest absolute Gasteiger partial charge is 0.586 e. The number of fused-ring (bicyclic) bond motifs is 1. The molecule has 1 heterocycles. The van der Waals surface area contributed by atoms with E-state index in [-0.39, 0.29) is 11.5 Å². The topological polar surface area (TPSA) is 30.5 Å². The zero-order valence-electron chi connectivity index (χ0n) is 11.7. The minimum atomic E-state index is -3.58. The van der Waals surface area contributed by atoms with E-state index in [2.05, 4.69) is 33.0 Å². The Hall–Kier alpha value is -2.30. The Balaban J connectivity index is 1.74. The molecule has 1 N–H and O–H groups in total. The SMILES string of the molecule is Cc1ccc(C)c(CNc2ccc3c(c2)OC(F)(F)O3)c1. The number of hydrogen-bond acceptors (Lipinski definition) is 3. The lowest BCUT2D eigenvalue weighted by molar-refractivity contribution is -0.286. The fourth-order valence-electron chi connectivity index (χ4n) is 2.25. The number of hydrogen-bond donors (Lipinski definition) is 1. The van der Waals surface area contributed by atoms with Gasteiger partial charge in [-0.05, 0) is 37.1 Å². The van der Waals surface area contributed by atoms with Gasteiger partial charge in [0.05, 0.1) is 0 Å². The lowest BCUT2D eigenvalue weighted by Gasteiger charge is -2.10. The minimum absolute atomic E-state index is 0.0472. The molecule has 5 heteroatoms. The van der Waals surface area contributed by atoms with Crippen molar-refractivity contribution in [2.75, 3.05) is 5.32 Å². The molecule has 0 atom stereocenters. The monoisotopic (exact) mass is 291 g/mol. The predicted octanol–water partition coefficient (Wildman–Crippen LogP) is 4.24. The molecule has 3 nitrogen and oxygen atoms in total. The van der Waals surface area contributed by atoms with Gasteiger partial charge in [-0.25, -0.2) is 0 Å². The summed E-state index contributed by atoms with van der Waals surface area (Å²) in [5.74, 6) is 0.100. The molecule has 0 unspecified atom stereocenters. The first kappa shape index (κ1) is 13.7. The van der Waals surface area contributed by atoms with Crippen molar-refractivity contribution in [1.29, 1.82) is 0 Å². The summed E-state index contributed by atoms with van der Waals surface area (Å²) in [5, 5.41) is 3.21. The fourth-order valence-corrected chi connectivity index (χ4v) is 2.25. The Morgan fingerprint density at radius 2 is 1.76 bits per heavy atom. The summed E-state index contributed by atoms with van der Waals surface area (Å²) >= 11 is 0. The average molecular weight is 291 g/mol. The third-order valence-corrected chi connectivity index (χ3v) is 3.39. The number of alkyl halides is 2. The predicted molar refractivity (Wildman–Crippen MR) is 75.9 cm³/mol. The maximum atomic E-state index is 13.0. The van der Waals surface area contributed by atoms with Gasteiger partial charge in [-0.2, -0.15) is 0 Å². The molecule has 0 fully saturated rings. The van der Waals surface area contributed by atoms with Crippen molar-refractivity contribution in [3.05, 3.63) is 53.1 Å². The average Bonchev–Trinajstić information content (AvgIpc) is 2.72. The highest BCUT2D eigenvalue weighted by atomic mass is 19.3. The zero-order valence-corrected chi connectivity index (χ0v) is 11.7. The van der Waals surface area contributed by atoms with Crippen molar-refractivity contribution >= 4 is 5.69 Å². The van der Waals surface area contributed by atoms with Gasteiger partial charge in [0.1, 0.15) is 0 Å². The summed E-state index contributed by atoms with van der Waals surface area (Å²) in [6.07, 6.45) is -3.58. The molecule has 0 amide bonds. The highest BCUT2D eigenvalue weighted by molar-refractivity contribution is 5.56. The second kappa shape index (κ2) is 4.91. The summed E-state index contributed by atoms with van der Waals surface area (Å²) in [4.78, 5) is 0. The first-order valence-corrected chi connectivity index (χ1v) is 6.63. The summed E-state index contributed by atoms with van der Waals surface area (Å²) in [7, 11) is 0. The van der Waals surface area contributed by atoms with Crippen molar-refractivity contribution in [3.8, 4) is 11.5 Å². The van der Waals surface area contributed by atoms with E-state index < -0.39 is 6.29 Å². The number of rotatable bonds is 3. The molecular formula is C16H15F2NO2. The first-order chi connectivity index (χ1) is 9.93. The van der Waals surface area contributed by atoms with E-state index in [9.17, 15) is 8.78 Å². The molecule has 2 aromatic rings. The molecule has 0 spiro atoms. The van der Waals surface area contributed by atoms with Gasteiger partial charge in [0.2, 0.25) is 0 Å². The molecule has 110 valence electrons. The molecule has 1 aliphatic rings. The van der Waals surface area contributed by atoms with Gasteiger partial charge < -0.3 is 14.8 Å². The number of aryl methyl sites for hydroxylation is 2. The summed E-state index contributed by atoms with van der Waals surface area (Å²) < 4.78 is 34.7. The lowest BCUT2D eigenvalue weighted by Crippen LogP contribution is -2.25. The van der Waals surface area contributed by atoms with E-state index in [4.69, 9.17) is 0 Å². The maximum absolute atomic E-state index is 13.0. The van der Waals surface area contributed by atoms with Gasteiger partial charge in [0.15, 0.2) is 11.5 Å². The standard InChI is InChI=1S/C16H15F2NO2/c1-10-3-4-11(2)12(7-10)9-19-13-5-6-14-15(8-13)21-16(17,18)20-14/h3-8,19H,9H2,1-2H3. The van der Waals surface area contributed by atoms with Crippen molar-refractivity contribution in [1.82, 2.24) is 0 Å². The molecule has 0 radical (unpaired) electrons. The number of nitrogens with one attached hydrogen (secondary N) is 1. The number of ether oxygens (including phenoxy) is 2. The third-order valence-electron chi connectivity index (χ3n) is 3.39. The van der Waals surface area contributed by atoms with E-state index in [1.165, 1.54) is 23.3 Å². The van der Waals surface area contributed by atoms with Crippen LogP contribution < -0.4 is 14.8 Å². The molecule has 21 heavy (non-hydrogen) atoms. The first-order valence-electron chi connectivity index (χ1n) is 6.63. The molecule has 0 aromatic heterocycles. The second-order valence-corrected chi connectivity index (χ2v) is 5.11. The van der Waals surface area contributed by atoms with Gasteiger partial charge in [0.25, 0.3) is 0 Å². The van der Waals surface area contributed by atoms with Gasteiger partial charge >= 0.3 is 6.29 Å². The minimum Gasteiger partial charge on any atom is -0.395 e. The Bertz CT molecular complexity index is 686. The Morgan fingerprint density at radius 3 is 2.57 bits per heavy atom. The summed E-state index contributed by atoms with van der Waals surface area (Å²) in [5.41, 5.74) is 4.23. The molecule has 0 saturated carbocycles. The van der Waals surface area contributed by atoms with Gasteiger partial charge in [-0.15, -0.1) is 8.78 Å². The second-order valence-electron chi connectivity index (χ2n) is 5.11. The molecule has 1 aliphatic heterocycles. The zero-order chi connectivity index (χ0) is 15.0. The summed E-state index contributed by atoms with van der Waals surface area (Å²) in [6, 6.07) is 10.9. The van der Waals surface area contributed by atoms with Crippen LogP contribution >= 0.6 is 0 Å². The van der Waals surface area contributed by atoms with Crippen LogP contribution in [0.25, 0.3) is 0 Å². The van der Waals surface area contributed by atoms with Crippen molar-refractivity contribution in [2.45, 2.75) is 26.7 Å². The van der Waals surface area contributed by atoms with Crippen molar-refractivity contribution < 1.29 is 18.3 Å². The quantitative estimate of drug-likeness (QED) is 0.917. The van der Waals surface area contributed by atoms with E-state index in [1.807, 2.05) is 13.8 Å². The number of anilines is 1. The van der Waals surface area contributed by atoms with Crippen LogP contribution in [0, 0.1) is 13.8 Å². The number of benzene rings is 2. The molecule has 2 aromatic carbocycles. The summed E-state index contributed by atoms with van der Waals surface area (Å²) in [6.45, 7) is 4.69. The molecule has 0 bridgehead atoms. The van der Waals surface area contributed by atoms with Gasteiger partial charge in [0, 0.05) is 18.3 Å². The van der Waals surface area contributed by atoms with Crippen molar-refractivity contribution in [3.63, 3.8) is 0 Å². The van der Waals surface area contributed by atoms with Crippen LogP contribution in [-0.4, -0.2) is 6.29 Å². The van der Waals surface area contributed by atoms with Crippen LogP contribution in [0.3, 0.4) is 0 Å². The maximum Gasteiger partial charge on any atom is 0.586 e. The highest BCUT2D eigenvalue weighted by Gasteiger charge is 2.43. The van der Waals surface area contributed by atoms with Gasteiger partial charge in [-0.1, -0.05) is 23.8 Å². The molecule has 0 saturated heterocycles. The lowest BCUT2D eigenvalue weighted by atomic mass is 10.1. The van der Waals surface area contributed by atoms with Crippen molar-refractivity contribution in [2.24, 2.45) is 0 Å². The highest BCUT2D eigenvalue weighted by Crippen LogP contribution is 2.42. The third kappa shape index (κ3) is 2.91. The molecule has 3 rings (SSSR count). The van der Waals surface area contributed by atoms with E-state index >= 15 is 0 Å². The van der Waals surface area contributed by atoms with Crippen LogP contribution in [0.4, 0.5) is 14.5 Å². The number of halogens is 2. The van der Waals surface area contributed by atoms with Crippen LogP contribution in [0.15, 0.2) is 36.4 Å². The van der Waals surface area contributed by atoms with Gasteiger partial charge in [-0.3, -0.25) is 0 Å². The van der Waals surface area contributed by atoms with E-state index in [1.54, 1.807) is 6.07 Å². The normalized spacial score (nSPS) is 15.0. The van der Waals surface area contributed by atoms with E-state index in [0.29, 0.717) is 12.2 Å². The van der Waals surface area contributed by atoms with Crippen LogP contribution in [0.2, 0.25) is 0 Å². The molecular weight excluding hydrogens is 276 g/mol. The smallest absolute Gasteiger partial charge is 0.395 e. The molecule has 0 aliphatic carbocycles. The Labute approximate surface area is 121 Å². The Kier molecular flexibility index (Phi) is 3.20. The van der Waals surface area contributed by atoms with Crippen LogP contribution in [-0.2, 0) is 6.54 Å². The van der Waals surface area contributed by atoms with E-state index in [0.717, 1.165) is 5.56 Å². The van der Waals surface area contributed by atoms with Crippen LogP contribution in [0.5, 0.6) is 11.5 Å².